The first-order valence-corrected chi connectivity index (χ1v) is 10.7. The van der Waals surface area contributed by atoms with Gasteiger partial charge in [0.1, 0.15) is 12.0 Å². The summed E-state index contributed by atoms with van der Waals surface area (Å²) in [4.78, 5) is 15.3. The first kappa shape index (κ1) is 18.7. The second-order valence-electron chi connectivity index (χ2n) is 9.22. The van der Waals surface area contributed by atoms with Crippen LogP contribution in [0, 0.1) is 17.3 Å². The van der Waals surface area contributed by atoms with Crippen LogP contribution in [0.2, 0.25) is 0 Å². The van der Waals surface area contributed by atoms with Crippen molar-refractivity contribution in [3.05, 3.63) is 65.2 Å². The van der Waals surface area contributed by atoms with E-state index in [2.05, 4.69) is 19.1 Å². The normalized spacial score (nSPS) is 33.1. The van der Waals surface area contributed by atoms with Gasteiger partial charge in [-0.1, -0.05) is 43.3 Å². The van der Waals surface area contributed by atoms with Gasteiger partial charge in [0.15, 0.2) is 0 Å². The number of carbonyl (C=O) groups is 1. The number of aryl methyl sites for hydroxylation is 1. The summed E-state index contributed by atoms with van der Waals surface area (Å²) in [5.74, 6) is 1.64. The SMILES string of the molecule is COc1ccc2c(c1)CCC1C2CCC2(C)C1C(=O)N(Cc1ccccc1)C2O. The van der Waals surface area contributed by atoms with Crippen LogP contribution in [-0.4, -0.2) is 29.3 Å². The molecule has 1 saturated heterocycles. The van der Waals surface area contributed by atoms with Crippen molar-refractivity contribution in [1.29, 1.82) is 0 Å². The molecule has 0 bridgehead atoms. The topological polar surface area (TPSA) is 49.8 Å². The number of hydrogen-bond donors (Lipinski definition) is 1. The van der Waals surface area contributed by atoms with E-state index >= 15 is 0 Å². The van der Waals surface area contributed by atoms with E-state index < -0.39 is 6.23 Å². The van der Waals surface area contributed by atoms with Crippen molar-refractivity contribution < 1.29 is 14.6 Å². The van der Waals surface area contributed by atoms with Crippen LogP contribution in [0.3, 0.4) is 0 Å². The van der Waals surface area contributed by atoms with Gasteiger partial charge < -0.3 is 14.7 Å². The number of aliphatic hydroxyl groups excluding tert-OH is 1. The largest absolute Gasteiger partial charge is 0.497 e. The van der Waals surface area contributed by atoms with Crippen LogP contribution in [0.15, 0.2) is 48.5 Å². The molecule has 2 aromatic rings. The first-order valence-electron chi connectivity index (χ1n) is 10.7. The molecular weight excluding hydrogens is 362 g/mol. The highest BCUT2D eigenvalue weighted by Crippen LogP contribution is 2.59. The summed E-state index contributed by atoms with van der Waals surface area (Å²) in [7, 11) is 1.71. The molecule has 152 valence electrons. The fourth-order valence-electron chi connectivity index (χ4n) is 6.28. The molecule has 0 spiro atoms. The van der Waals surface area contributed by atoms with E-state index in [1.165, 1.54) is 11.1 Å². The van der Waals surface area contributed by atoms with E-state index in [1.807, 2.05) is 36.4 Å². The quantitative estimate of drug-likeness (QED) is 0.856. The molecule has 5 rings (SSSR count). The van der Waals surface area contributed by atoms with Gasteiger partial charge >= 0.3 is 0 Å². The predicted molar refractivity (Wildman–Crippen MR) is 111 cm³/mol. The van der Waals surface area contributed by atoms with Crippen molar-refractivity contribution in [2.45, 2.75) is 51.3 Å². The van der Waals surface area contributed by atoms with E-state index in [-0.39, 0.29) is 17.2 Å². The molecule has 2 aromatic carbocycles. The Morgan fingerprint density at radius 3 is 2.72 bits per heavy atom. The molecule has 1 N–H and O–H groups in total. The lowest BCUT2D eigenvalue weighted by Gasteiger charge is -2.48. The maximum absolute atomic E-state index is 13.6. The van der Waals surface area contributed by atoms with Crippen LogP contribution in [0.1, 0.15) is 48.8 Å². The molecule has 1 amide bonds. The van der Waals surface area contributed by atoms with Gasteiger partial charge in [0, 0.05) is 12.0 Å². The monoisotopic (exact) mass is 391 g/mol. The van der Waals surface area contributed by atoms with Gasteiger partial charge in [0.25, 0.3) is 0 Å². The molecular formula is C25H29NO3. The summed E-state index contributed by atoms with van der Waals surface area (Å²) < 4.78 is 5.41. The van der Waals surface area contributed by atoms with Gasteiger partial charge in [-0.3, -0.25) is 4.79 Å². The summed E-state index contributed by atoms with van der Waals surface area (Å²) in [6.07, 6.45) is 3.17. The van der Waals surface area contributed by atoms with Crippen molar-refractivity contribution in [2.75, 3.05) is 7.11 Å². The summed E-state index contributed by atoms with van der Waals surface area (Å²) in [6, 6.07) is 16.4. The van der Waals surface area contributed by atoms with Crippen LogP contribution in [0.25, 0.3) is 0 Å². The molecule has 4 heteroatoms. The van der Waals surface area contributed by atoms with Crippen LogP contribution < -0.4 is 4.74 Å². The minimum absolute atomic E-state index is 0.102. The number of benzene rings is 2. The molecule has 1 saturated carbocycles. The zero-order valence-corrected chi connectivity index (χ0v) is 17.2. The van der Waals surface area contributed by atoms with Gasteiger partial charge in [-0.05, 0) is 66.3 Å². The average Bonchev–Trinajstić information content (AvgIpc) is 2.94. The standard InChI is InChI=1S/C25H29NO3/c1-25-13-12-20-19-11-9-18(29-2)14-17(19)8-10-21(20)22(25)23(27)26(24(25)28)15-16-6-4-3-5-7-16/h3-7,9,11,14,20-22,24,28H,8,10,12-13,15H2,1-2H3. The van der Waals surface area contributed by atoms with Crippen molar-refractivity contribution in [3.63, 3.8) is 0 Å². The number of methoxy groups -OCH3 is 1. The van der Waals surface area contributed by atoms with E-state index in [9.17, 15) is 9.90 Å². The van der Waals surface area contributed by atoms with E-state index in [1.54, 1.807) is 12.0 Å². The maximum atomic E-state index is 13.6. The lowest BCUT2D eigenvalue weighted by molar-refractivity contribution is -0.137. The number of aliphatic hydroxyl groups is 1. The highest BCUT2D eigenvalue weighted by Gasteiger charge is 2.61. The minimum atomic E-state index is -0.710. The predicted octanol–water partition coefficient (Wildman–Crippen LogP) is 4.12. The maximum Gasteiger partial charge on any atom is 0.229 e. The smallest absolute Gasteiger partial charge is 0.229 e. The number of carbonyl (C=O) groups excluding carboxylic acids is 1. The van der Waals surface area contributed by atoms with E-state index in [4.69, 9.17) is 4.74 Å². The van der Waals surface area contributed by atoms with Crippen LogP contribution in [-0.2, 0) is 17.8 Å². The van der Waals surface area contributed by atoms with Gasteiger partial charge in [-0.15, -0.1) is 0 Å². The van der Waals surface area contributed by atoms with Gasteiger partial charge in [-0.25, -0.2) is 0 Å². The molecule has 2 fully saturated rings. The lowest BCUT2D eigenvalue weighted by Crippen LogP contribution is -2.45. The second kappa shape index (κ2) is 6.88. The number of likely N-dealkylation sites (tertiary alicyclic amines) is 1. The number of fused-ring (bicyclic) bond motifs is 5. The highest BCUT2D eigenvalue weighted by molar-refractivity contribution is 5.83. The second-order valence-corrected chi connectivity index (χ2v) is 9.22. The number of amides is 1. The fourth-order valence-corrected chi connectivity index (χ4v) is 6.28. The van der Waals surface area contributed by atoms with Crippen LogP contribution in [0.4, 0.5) is 0 Å². The number of nitrogens with zero attached hydrogens (tertiary/aromatic N) is 1. The van der Waals surface area contributed by atoms with Crippen molar-refractivity contribution in [2.24, 2.45) is 17.3 Å². The van der Waals surface area contributed by atoms with Gasteiger partial charge in [0.2, 0.25) is 5.91 Å². The first-order chi connectivity index (χ1) is 14.0. The minimum Gasteiger partial charge on any atom is -0.497 e. The highest BCUT2D eigenvalue weighted by atomic mass is 16.5. The molecule has 1 aliphatic heterocycles. The van der Waals surface area contributed by atoms with E-state index in [0.717, 1.165) is 37.0 Å². The Kier molecular flexibility index (Phi) is 4.43. The van der Waals surface area contributed by atoms with Gasteiger partial charge in [-0.2, -0.15) is 0 Å². The number of rotatable bonds is 3. The Hall–Kier alpha value is -2.33. The molecule has 0 aromatic heterocycles. The molecule has 5 atom stereocenters. The summed E-state index contributed by atoms with van der Waals surface area (Å²) in [5, 5.41) is 11.2. The summed E-state index contributed by atoms with van der Waals surface area (Å²) in [6.45, 7) is 2.61. The summed E-state index contributed by atoms with van der Waals surface area (Å²) in [5.41, 5.74) is 3.45. The zero-order valence-electron chi connectivity index (χ0n) is 17.2. The third kappa shape index (κ3) is 2.80. The molecule has 3 aliphatic rings. The Bertz CT molecular complexity index is 927. The van der Waals surface area contributed by atoms with Crippen molar-refractivity contribution in [3.8, 4) is 5.75 Å². The molecule has 2 aliphatic carbocycles. The third-order valence-electron chi connectivity index (χ3n) is 7.78. The average molecular weight is 392 g/mol. The number of hydrogen-bond acceptors (Lipinski definition) is 3. The Morgan fingerprint density at radius 1 is 1.17 bits per heavy atom. The van der Waals surface area contributed by atoms with Crippen molar-refractivity contribution >= 4 is 5.91 Å². The lowest BCUT2D eigenvalue weighted by atomic mass is 9.55. The fraction of sp³-hybridized carbons (Fsp3) is 0.480. The van der Waals surface area contributed by atoms with E-state index in [0.29, 0.717) is 18.4 Å². The Balaban J connectivity index is 1.46. The molecule has 1 heterocycles. The number of ether oxygens (including phenoxy) is 1. The molecule has 5 unspecified atom stereocenters. The Labute approximate surface area is 172 Å². The van der Waals surface area contributed by atoms with Crippen LogP contribution in [0.5, 0.6) is 5.75 Å². The summed E-state index contributed by atoms with van der Waals surface area (Å²) >= 11 is 0. The zero-order chi connectivity index (χ0) is 20.2. The third-order valence-corrected chi connectivity index (χ3v) is 7.78. The van der Waals surface area contributed by atoms with Crippen LogP contribution >= 0.6 is 0 Å². The van der Waals surface area contributed by atoms with Crippen molar-refractivity contribution in [1.82, 2.24) is 4.90 Å². The molecule has 4 nitrogen and oxygen atoms in total. The molecule has 29 heavy (non-hydrogen) atoms. The Morgan fingerprint density at radius 2 is 1.97 bits per heavy atom. The van der Waals surface area contributed by atoms with Gasteiger partial charge in [0.05, 0.1) is 13.0 Å². The molecule has 0 radical (unpaired) electrons.